The van der Waals surface area contributed by atoms with E-state index in [1.165, 1.54) is 0 Å². The van der Waals surface area contributed by atoms with Gasteiger partial charge in [-0.1, -0.05) is 23.8 Å². The van der Waals surface area contributed by atoms with Crippen LogP contribution in [0, 0.1) is 13.8 Å². The maximum atomic E-state index is 11.8. The van der Waals surface area contributed by atoms with Crippen LogP contribution in [0.3, 0.4) is 0 Å². The third-order valence-electron chi connectivity index (χ3n) is 2.87. The standard InChI is InChI=1S/C16H18N2O2/c1-11-3-6-13(7-4-11)20-10-16(19)18-15-8-5-12(2)9-14(15)17/h3-9H,10,17H2,1-2H3,(H,18,19). The molecule has 0 fully saturated rings. The Bertz CT molecular complexity index is 606. The molecule has 4 nitrogen and oxygen atoms in total. The van der Waals surface area contributed by atoms with Crippen molar-refractivity contribution in [2.45, 2.75) is 13.8 Å². The maximum Gasteiger partial charge on any atom is 0.262 e. The molecule has 0 bridgehead atoms. The third-order valence-corrected chi connectivity index (χ3v) is 2.87. The van der Waals surface area contributed by atoms with Crippen LogP contribution in [0.1, 0.15) is 11.1 Å². The van der Waals surface area contributed by atoms with Gasteiger partial charge in [0.25, 0.3) is 5.91 Å². The summed E-state index contributed by atoms with van der Waals surface area (Å²) in [6.45, 7) is 3.90. The van der Waals surface area contributed by atoms with Crippen molar-refractivity contribution in [2.75, 3.05) is 17.7 Å². The Morgan fingerprint density at radius 1 is 1.10 bits per heavy atom. The van der Waals surface area contributed by atoms with Crippen molar-refractivity contribution >= 4 is 17.3 Å². The Morgan fingerprint density at radius 2 is 1.75 bits per heavy atom. The maximum absolute atomic E-state index is 11.8. The number of ether oxygens (including phenoxy) is 1. The summed E-state index contributed by atoms with van der Waals surface area (Å²) < 4.78 is 5.41. The van der Waals surface area contributed by atoms with Crippen LogP contribution >= 0.6 is 0 Å². The summed E-state index contributed by atoms with van der Waals surface area (Å²) in [5, 5.41) is 2.73. The summed E-state index contributed by atoms with van der Waals surface area (Å²) in [7, 11) is 0. The normalized spacial score (nSPS) is 10.1. The Kier molecular flexibility index (Phi) is 4.25. The fourth-order valence-electron chi connectivity index (χ4n) is 1.77. The average molecular weight is 270 g/mol. The number of nitrogens with two attached hydrogens (primary N) is 1. The van der Waals surface area contributed by atoms with Gasteiger partial charge >= 0.3 is 0 Å². The van der Waals surface area contributed by atoms with Gasteiger partial charge < -0.3 is 15.8 Å². The van der Waals surface area contributed by atoms with E-state index in [0.29, 0.717) is 17.1 Å². The quantitative estimate of drug-likeness (QED) is 0.840. The van der Waals surface area contributed by atoms with Crippen LogP contribution in [0.4, 0.5) is 11.4 Å². The number of hydrogen-bond acceptors (Lipinski definition) is 3. The Morgan fingerprint density at radius 3 is 2.40 bits per heavy atom. The number of benzene rings is 2. The van der Waals surface area contributed by atoms with Crippen molar-refractivity contribution in [3.63, 3.8) is 0 Å². The molecule has 2 rings (SSSR count). The van der Waals surface area contributed by atoms with Crippen molar-refractivity contribution < 1.29 is 9.53 Å². The van der Waals surface area contributed by atoms with Crippen molar-refractivity contribution in [3.05, 3.63) is 53.6 Å². The van der Waals surface area contributed by atoms with Gasteiger partial charge in [-0.3, -0.25) is 4.79 Å². The first kappa shape index (κ1) is 13.9. The number of amides is 1. The molecule has 0 aliphatic heterocycles. The van der Waals surface area contributed by atoms with E-state index in [4.69, 9.17) is 10.5 Å². The van der Waals surface area contributed by atoms with Gasteiger partial charge in [0.05, 0.1) is 11.4 Å². The highest BCUT2D eigenvalue weighted by Crippen LogP contribution is 2.19. The summed E-state index contributed by atoms with van der Waals surface area (Å²) in [5.74, 6) is 0.434. The van der Waals surface area contributed by atoms with E-state index in [-0.39, 0.29) is 12.5 Å². The average Bonchev–Trinajstić information content (AvgIpc) is 2.41. The molecular weight excluding hydrogens is 252 g/mol. The number of carbonyl (C=O) groups excluding carboxylic acids is 1. The highest BCUT2D eigenvalue weighted by molar-refractivity contribution is 5.94. The molecule has 0 aromatic heterocycles. The molecule has 2 aromatic carbocycles. The zero-order valence-corrected chi connectivity index (χ0v) is 11.6. The van der Waals surface area contributed by atoms with Crippen LogP contribution < -0.4 is 15.8 Å². The first-order valence-electron chi connectivity index (χ1n) is 6.40. The lowest BCUT2D eigenvalue weighted by atomic mass is 10.2. The van der Waals surface area contributed by atoms with Crippen molar-refractivity contribution in [1.82, 2.24) is 0 Å². The molecule has 1 amide bonds. The van der Waals surface area contributed by atoms with Gasteiger partial charge in [-0.15, -0.1) is 0 Å². The van der Waals surface area contributed by atoms with Crippen LogP contribution in [-0.2, 0) is 4.79 Å². The second kappa shape index (κ2) is 6.10. The molecule has 0 aliphatic carbocycles. The molecule has 0 radical (unpaired) electrons. The fraction of sp³-hybridized carbons (Fsp3) is 0.188. The molecule has 0 aliphatic rings. The van der Waals surface area contributed by atoms with E-state index < -0.39 is 0 Å². The smallest absolute Gasteiger partial charge is 0.262 e. The van der Waals surface area contributed by atoms with Crippen LogP contribution in [-0.4, -0.2) is 12.5 Å². The fourth-order valence-corrected chi connectivity index (χ4v) is 1.77. The molecule has 0 saturated heterocycles. The van der Waals surface area contributed by atoms with E-state index in [0.717, 1.165) is 11.1 Å². The zero-order valence-electron chi connectivity index (χ0n) is 11.6. The Balaban J connectivity index is 1.90. The Hall–Kier alpha value is -2.49. The largest absolute Gasteiger partial charge is 0.484 e. The van der Waals surface area contributed by atoms with Crippen molar-refractivity contribution in [2.24, 2.45) is 0 Å². The van der Waals surface area contributed by atoms with Gasteiger partial charge in [-0.25, -0.2) is 0 Å². The van der Waals surface area contributed by atoms with Gasteiger partial charge in [-0.05, 0) is 43.7 Å². The first-order chi connectivity index (χ1) is 9.54. The predicted molar refractivity (Wildman–Crippen MR) is 80.9 cm³/mol. The van der Waals surface area contributed by atoms with Crippen molar-refractivity contribution in [1.29, 1.82) is 0 Å². The van der Waals surface area contributed by atoms with E-state index in [1.54, 1.807) is 6.07 Å². The van der Waals surface area contributed by atoms with Crippen LogP contribution in [0.2, 0.25) is 0 Å². The molecule has 0 spiro atoms. The Labute approximate surface area is 118 Å². The number of aryl methyl sites for hydroxylation is 2. The topological polar surface area (TPSA) is 64.3 Å². The van der Waals surface area contributed by atoms with Crippen molar-refractivity contribution in [3.8, 4) is 5.75 Å². The SMILES string of the molecule is Cc1ccc(OCC(=O)Nc2ccc(C)cc2N)cc1. The lowest BCUT2D eigenvalue weighted by molar-refractivity contribution is -0.118. The van der Waals surface area contributed by atoms with E-state index in [2.05, 4.69) is 5.32 Å². The number of nitrogens with one attached hydrogen (secondary N) is 1. The molecule has 0 atom stereocenters. The number of rotatable bonds is 4. The van der Waals surface area contributed by atoms with Gasteiger partial charge in [0.1, 0.15) is 5.75 Å². The van der Waals surface area contributed by atoms with Crippen LogP contribution in [0.25, 0.3) is 0 Å². The lowest BCUT2D eigenvalue weighted by Crippen LogP contribution is -2.20. The van der Waals surface area contributed by atoms with Gasteiger partial charge in [-0.2, -0.15) is 0 Å². The number of carbonyl (C=O) groups is 1. The van der Waals surface area contributed by atoms with Gasteiger partial charge in [0.15, 0.2) is 6.61 Å². The predicted octanol–water partition coefficient (Wildman–Crippen LogP) is 2.90. The van der Waals surface area contributed by atoms with Crippen LogP contribution in [0.15, 0.2) is 42.5 Å². The molecule has 2 aromatic rings. The molecular formula is C16H18N2O2. The zero-order chi connectivity index (χ0) is 14.5. The summed E-state index contributed by atoms with van der Waals surface area (Å²) in [6, 6.07) is 13.0. The molecule has 104 valence electrons. The number of nitrogen functional groups attached to an aromatic ring is 1. The monoisotopic (exact) mass is 270 g/mol. The highest BCUT2D eigenvalue weighted by atomic mass is 16.5. The van der Waals surface area contributed by atoms with Crippen LogP contribution in [0.5, 0.6) is 5.75 Å². The summed E-state index contributed by atoms with van der Waals surface area (Å²) in [4.78, 5) is 11.8. The molecule has 0 heterocycles. The third kappa shape index (κ3) is 3.75. The van der Waals surface area contributed by atoms with E-state index >= 15 is 0 Å². The molecule has 20 heavy (non-hydrogen) atoms. The van der Waals surface area contributed by atoms with E-state index in [9.17, 15) is 4.79 Å². The molecule has 3 N–H and O–H groups in total. The molecule has 4 heteroatoms. The van der Waals surface area contributed by atoms with E-state index in [1.807, 2.05) is 50.2 Å². The number of anilines is 2. The number of hydrogen-bond donors (Lipinski definition) is 2. The highest BCUT2D eigenvalue weighted by Gasteiger charge is 2.06. The summed E-state index contributed by atoms with van der Waals surface area (Å²) in [5.41, 5.74) is 9.19. The minimum absolute atomic E-state index is 0.0453. The van der Waals surface area contributed by atoms with Gasteiger partial charge in [0.2, 0.25) is 0 Å². The second-order valence-electron chi connectivity index (χ2n) is 4.74. The first-order valence-corrected chi connectivity index (χ1v) is 6.40. The lowest BCUT2D eigenvalue weighted by Gasteiger charge is -2.10. The molecule has 0 saturated carbocycles. The minimum Gasteiger partial charge on any atom is -0.484 e. The summed E-state index contributed by atoms with van der Waals surface area (Å²) >= 11 is 0. The second-order valence-corrected chi connectivity index (χ2v) is 4.74. The van der Waals surface area contributed by atoms with Gasteiger partial charge in [0, 0.05) is 0 Å². The molecule has 0 unspecified atom stereocenters. The minimum atomic E-state index is -0.235. The summed E-state index contributed by atoms with van der Waals surface area (Å²) in [6.07, 6.45) is 0.